The maximum Gasteiger partial charge on any atom is 0.318 e. The third-order valence-corrected chi connectivity index (χ3v) is 10.3. The highest BCUT2D eigenvalue weighted by atomic mass is 35.5. The van der Waals surface area contributed by atoms with Crippen LogP contribution in [0.4, 0.5) is 11.5 Å². The summed E-state index contributed by atoms with van der Waals surface area (Å²) < 4.78 is 6.51. The van der Waals surface area contributed by atoms with E-state index < -0.39 is 0 Å². The molecule has 0 saturated carbocycles. The molecule has 0 unspecified atom stereocenters. The van der Waals surface area contributed by atoms with Gasteiger partial charge in [-0.25, -0.2) is 0 Å². The molecule has 10 heteroatoms. The van der Waals surface area contributed by atoms with Crippen molar-refractivity contribution in [1.29, 1.82) is 5.26 Å². The number of rotatable bonds is 6. The number of carbonyl (C=O) groups is 1. The van der Waals surface area contributed by atoms with E-state index in [1.54, 1.807) is 6.92 Å². The molecule has 1 amide bonds. The Morgan fingerprint density at radius 1 is 1.07 bits per heavy atom. The number of nitrogens with zero attached hydrogens (tertiary/aromatic N) is 7. The first kappa shape index (κ1) is 28.2. The summed E-state index contributed by atoms with van der Waals surface area (Å²) in [6.07, 6.45) is 5.80. The van der Waals surface area contributed by atoms with Crippen molar-refractivity contribution in [2.75, 3.05) is 55.7 Å². The standard InChI is InChI=1S/C33H38ClN7O2/c1-23(42)41-19-18-39(20-25(41)10-14-35)31-26-11-17-38(29-9-3-7-24-6-2-8-27(34)30(24)29)21-28(26)36-32(37-31)43-22-33-12-4-15-40(33)16-5-13-33/h2-3,6-9,25H,4-5,10-13,15-22H2,1H3/t25-/m0/s1. The Labute approximate surface area is 258 Å². The van der Waals surface area contributed by atoms with E-state index in [2.05, 4.69) is 45.0 Å². The van der Waals surface area contributed by atoms with Crippen LogP contribution in [0.5, 0.6) is 6.01 Å². The number of fused-ring (bicyclic) bond motifs is 3. The quantitative estimate of drug-likeness (QED) is 0.399. The zero-order valence-corrected chi connectivity index (χ0v) is 25.5. The van der Waals surface area contributed by atoms with Gasteiger partial charge in [0, 0.05) is 49.7 Å². The molecule has 3 fully saturated rings. The topological polar surface area (TPSA) is 88.8 Å². The van der Waals surface area contributed by atoms with Crippen molar-refractivity contribution in [2.24, 2.45) is 0 Å². The summed E-state index contributed by atoms with van der Waals surface area (Å²) >= 11 is 6.72. The summed E-state index contributed by atoms with van der Waals surface area (Å²) in [5.41, 5.74) is 3.29. The number of hydrogen-bond acceptors (Lipinski definition) is 8. The second-order valence-corrected chi connectivity index (χ2v) is 12.8. The molecule has 0 N–H and O–H groups in total. The number of amides is 1. The van der Waals surface area contributed by atoms with E-state index in [0.717, 1.165) is 77.5 Å². The largest absolute Gasteiger partial charge is 0.461 e. The number of carbonyl (C=O) groups excluding carboxylic acids is 1. The van der Waals surface area contributed by atoms with Crippen molar-refractivity contribution in [3.63, 3.8) is 0 Å². The predicted octanol–water partition coefficient (Wildman–Crippen LogP) is 4.80. The van der Waals surface area contributed by atoms with Crippen LogP contribution in [0.3, 0.4) is 0 Å². The Bertz CT molecular complexity index is 1570. The lowest BCUT2D eigenvalue weighted by molar-refractivity contribution is -0.131. The third-order valence-electron chi connectivity index (χ3n) is 9.99. The second kappa shape index (κ2) is 11.5. The molecule has 1 atom stereocenters. The lowest BCUT2D eigenvalue weighted by Crippen LogP contribution is -2.55. The fourth-order valence-corrected chi connectivity index (χ4v) is 8.14. The highest BCUT2D eigenvalue weighted by Gasteiger charge is 2.45. The van der Waals surface area contributed by atoms with Crippen LogP contribution in [0, 0.1) is 11.3 Å². The lowest BCUT2D eigenvalue weighted by atomic mass is 9.95. The number of benzene rings is 2. The minimum Gasteiger partial charge on any atom is -0.461 e. The lowest BCUT2D eigenvalue weighted by Gasteiger charge is -2.42. The number of ether oxygens (including phenoxy) is 1. The maximum atomic E-state index is 12.3. The van der Waals surface area contributed by atoms with Gasteiger partial charge in [-0.3, -0.25) is 9.69 Å². The molecule has 3 saturated heterocycles. The first-order chi connectivity index (χ1) is 21.0. The maximum absolute atomic E-state index is 12.3. The van der Waals surface area contributed by atoms with Gasteiger partial charge >= 0.3 is 6.01 Å². The molecule has 2 aromatic carbocycles. The summed E-state index contributed by atoms with van der Waals surface area (Å²) in [6, 6.07) is 14.9. The number of piperazine rings is 1. The number of nitriles is 1. The fraction of sp³-hybridized carbons (Fsp3) is 0.515. The zero-order chi connectivity index (χ0) is 29.6. The van der Waals surface area contributed by atoms with Crippen LogP contribution in [0.15, 0.2) is 36.4 Å². The Balaban J connectivity index is 1.23. The Kier molecular flexibility index (Phi) is 7.52. The van der Waals surface area contributed by atoms with Gasteiger partial charge in [0.25, 0.3) is 0 Å². The summed E-state index contributed by atoms with van der Waals surface area (Å²) in [6.45, 7) is 7.69. The van der Waals surface area contributed by atoms with Crippen LogP contribution in [-0.4, -0.2) is 83.1 Å². The van der Waals surface area contributed by atoms with Gasteiger partial charge in [-0.2, -0.15) is 15.2 Å². The van der Waals surface area contributed by atoms with Crippen LogP contribution in [0.25, 0.3) is 10.8 Å². The van der Waals surface area contributed by atoms with Gasteiger partial charge in [0.1, 0.15) is 12.4 Å². The van der Waals surface area contributed by atoms with Crippen LogP contribution in [-0.2, 0) is 17.8 Å². The summed E-state index contributed by atoms with van der Waals surface area (Å²) in [4.78, 5) is 31.5. The first-order valence-electron chi connectivity index (χ1n) is 15.5. The SMILES string of the molecule is CC(=O)N1CCN(c2nc(OCC34CCCN3CCC4)nc3c2CCN(c2cccc4cccc(Cl)c24)C3)C[C@@H]1CC#N. The predicted molar refractivity (Wildman–Crippen MR) is 168 cm³/mol. The van der Waals surface area contributed by atoms with Gasteiger partial charge in [-0.15, -0.1) is 0 Å². The molecule has 4 aliphatic rings. The summed E-state index contributed by atoms with van der Waals surface area (Å²) in [7, 11) is 0. The normalized spacial score (nSPS) is 21.5. The Hall–Kier alpha value is -3.61. The van der Waals surface area contributed by atoms with Crippen molar-refractivity contribution in [2.45, 2.75) is 63.6 Å². The van der Waals surface area contributed by atoms with Gasteiger partial charge in [0.15, 0.2) is 0 Å². The molecule has 43 heavy (non-hydrogen) atoms. The summed E-state index contributed by atoms with van der Waals surface area (Å²) in [5, 5.41) is 12.4. The average molecular weight is 600 g/mol. The van der Waals surface area contributed by atoms with E-state index in [1.807, 2.05) is 17.0 Å². The van der Waals surface area contributed by atoms with E-state index in [4.69, 9.17) is 26.3 Å². The van der Waals surface area contributed by atoms with Crippen molar-refractivity contribution < 1.29 is 9.53 Å². The van der Waals surface area contributed by atoms with E-state index in [1.165, 1.54) is 12.8 Å². The van der Waals surface area contributed by atoms with Crippen LogP contribution < -0.4 is 14.5 Å². The molecule has 3 aromatic rings. The first-order valence-corrected chi connectivity index (χ1v) is 15.9. The van der Waals surface area contributed by atoms with E-state index in [0.29, 0.717) is 45.2 Å². The smallest absolute Gasteiger partial charge is 0.318 e. The number of hydrogen-bond donors (Lipinski definition) is 0. The van der Waals surface area contributed by atoms with Crippen molar-refractivity contribution >= 4 is 39.8 Å². The van der Waals surface area contributed by atoms with Crippen molar-refractivity contribution in [3.05, 3.63) is 52.7 Å². The molecule has 0 bridgehead atoms. The van der Waals surface area contributed by atoms with Gasteiger partial charge in [0.05, 0.1) is 41.3 Å². The van der Waals surface area contributed by atoms with Gasteiger partial charge in [-0.05, 0) is 62.7 Å². The fourth-order valence-electron chi connectivity index (χ4n) is 7.86. The molecule has 9 nitrogen and oxygen atoms in total. The molecule has 4 aliphatic heterocycles. The van der Waals surface area contributed by atoms with Crippen LogP contribution in [0.2, 0.25) is 5.02 Å². The number of aromatic nitrogens is 2. The zero-order valence-electron chi connectivity index (χ0n) is 24.8. The highest BCUT2D eigenvalue weighted by Crippen LogP contribution is 2.40. The third kappa shape index (κ3) is 5.15. The molecule has 1 aromatic heterocycles. The van der Waals surface area contributed by atoms with Gasteiger partial charge < -0.3 is 19.4 Å². The Morgan fingerprint density at radius 2 is 1.86 bits per heavy atom. The molecule has 224 valence electrons. The number of halogens is 1. The minimum absolute atomic E-state index is 0.00923. The summed E-state index contributed by atoms with van der Waals surface area (Å²) in [5.74, 6) is 0.893. The van der Waals surface area contributed by atoms with Crippen LogP contribution in [0.1, 0.15) is 50.3 Å². The monoisotopic (exact) mass is 599 g/mol. The molecule has 5 heterocycles. The highest BCUT2D eigenvalue weighted by molar-refractivity contribution is 6.36. The molecule has 0 aliphatic carbocycles. The molecular formula is C33H38ClN7O2. The minimum atomic E-state index is -0.173. The molecule has 7 rings (SSSR count). The average Bonchev–Trinajstić information content (AvgIpc) is 3.60. The molecule has 0 radical (unpaired) electrons. The van der Waals surface area contributed by atoms with Crippen molar-refractivity contribution in [3.8, 4) is 12.1 Å². The number of anilines is 2. The van der Waals surface area contributed by atoms with Crippen LogP contribution >= 0.6 is 11.6 Å². The van der Waals surface area contributed by atoms with Gasteiger partial charge in [-0.1, -0.05) is 35.9 Å². The van der Waals surface area contributed by atoms with Crippen molar-refractivity contribution in [1.82, 2.24) is 19.8 Å². The molecular weight excluding hydrogens is 562 g/mol. The molecule has 0 spiro atoms. The van der Waals surface area contributed by atoms with E-state index in [-0.39, 0.29) is 17.5 Å². The van der Waals surface area contributed by atoms with Gasteiger partial charge in [0.2, 0.25) is 5.91 Å². The van der Waals surface area contributed by atoms with E-state index in [9.17, 15) is 10.1 Å². The van der Waals surface area contributed by atoms with E-state index >= 15 is 0 Å². The Morgan fingerprint density at radius 3 is 2.63 bits per heavy atom. The second-order valence-electron chi connectivity index (χ2n) is 12.4.